The molecule has 5 N–H and O–H groups in total. The molecule has 0 spiro atoms. The minimum absolute atomic E-state index is 0.0319. The molecule has 1 unspecified atom stereocenters. The highest BCUT2D eigenvalue weighted by Gasteiger charge is 2.60. The Hall–Kier alpha value is -0.540. The number of aliphatic hydroxyl groups excluding tert-OH is 5. The van der Waals surface area contributed by atoms with Crippen LogP contribution in [0.1, 0.15) is 65.2 Å². The standard InChI is InChI=1S/C25H40O7/c1-24-9-7-14(27)11-13(24)3-4-15-16-5-6-19(25(16,2)10-8-17(15)24)32-23-22(30)21(29)20(28)18(12-26)31-23/h3,14-23,26-30H,4-12H2,1-2H3/t14-,15-,16-,17-,18+,19-,20+,21-,22+,23?,24-,25-/m0/s1. The summed E-state index contributed by atoms with van der Waals surface area (Å²) in [5.41, 5.74) is 1.63. The van der Waals surface area contributed by atoms with Gasteiger partial charge in [-0.15, -0.1) is 0 Å². The van der Waals surface area contributed by atoms with Gasteiger partial charge in [-0.05, 0) is 80.0 Å². The fourth-order valence-electron chi connectivity index (χ4n) is 8.16. The van der Waals surface area contributed by atoms with Gasteiger partial charge in [0.25, 0.3) is 0 Å². The molecular weight excluding hydrogens is 412 g/mol. The van der Waals surface area contributed by atoms with E-state index in [-0.39, 0.29) is 23.0 Å². The molecule has 0 aromatic heterocycles. The lowest BCUT2D eigenvalue weighted by Crippen LogP contribution is -2.60. The fraction of sp³-hybridized carbons (Fsp3) is 0.920. The van der Waals surface area contributed by atoms with Gasteiger partial charge in [0.1, 0.15) is 24.4 Å². The van der Waals surface area contributed by atoms with Crippen LogP contribution in [0.5, 0.6) is 0 Å². The van der Waals surface area contributed by atoms with Crippen LogP contribution in [-0.4, -0.2) is 75.1 Å². The Labute approximate surface area is 190 Å². The Kier molecular flexibility index (Phi) is 6.02. The summed E-state index contributed by atoms with van der Waals surface area (Å²) < 4.78 is 12.0. The molecule has 1 aliphatic heterocycles. The van der Waals surface area contributed by atoms with Crippen LogP contribution in [0.4, 0.5) is 0 Å². The van der Waals surface area contributed by atoms with Crippen molar-refractivity contribution in [3.63, 3.8) is 0 Å². The summed E-state index contributed by atoms with van der Waals surface area (Å²) in [7, 11) is 0. The van der Waals surface area contributed by atoms with Crippen molar-refractivity contribution in [2.45, 2.75) is 108 Å². The topological polar surface area (TPSA) is 120 Å². The third-order valence-corrected chi connectivity index (χ3v) is 10.1. The van der Waals surface area contributed by atoms with Crippen molar-refractivity contribution < 1.29 is 35.0 Å². The maximum atomic E-state index is 10.5. The molecule has 5 aliphatic rings. The van der Waals surface area contributed by atoms with Crippen LogP contribution in [0.2, 0.25) is 0 Å². The molecule has 5 rings (SSSR count). The summed E-state index contributed by atoms with van der Waals surface area (Å²) >= 11 is 0. The number of fused-ring (bicyclic) bond motifs is 5. The second kappa shape index (κ2) is 8.29. The number of allylic oxidation sites excluding steroid dienone is 1. The van der Waals surface area contributed by atoms with Gasteiger partial charge < -0.3 is 35.0 Å². The highest BCUT2D eigenvalue weighted by Crippen LogP contribution is 2.65. The summed E-state index contributed by atoms with van der Waals surface area (Å²) in [6.07, 6.45) is 3.99. The lowest BCUT2D eigenvalue weighted by Gasteiger charge is -2.58. The zero-order valence-corrected chi connectivity index (χ0v) is 19.3. The van der Waals surface area contributed by atoms with Crippen molar-refractivity contribution in [3.8, 4) is 0 Å². The molecule has 3 saturated carbocycles. The average molecular weight is 453 g/mol. The van der Waals surface area contributed by atoms with Gasteiger partial charge in [-0.25, -0.2) is 0 Å². The van der Waals surface area contributed by atoms with E-state index in [0.717, 1.165) is 51.4 Å². The van der Waals surface area contributed by atoms with E-state index in [9.17, 15) is 25.5 Å². The summed E-state index contributed by atoms with van der Waals surface area (Å²) in [6.45, 7) is 4.28. The monoisotopic (exact) mass is 452 g/mol. The first kappa shape index (κ1) is 23.2. The van der Waals surface area contributed by atoms with Gasteiger partial charge in [0.15, 0.2) is 6.29 Å². The Morgan fingerprint density at radius 2 is 1.75 bits per heavy atom. The third kappa shape index (κ3) is 3.43. The van der Waals surface area contributed by atoms with Gasteiger partial charge in [-0.2, -0.15) is 0 Å². The van der Waals surface area contributed by atoms with Crippen LogP contribution < -0.4 is 0 Å². The maximum absolute atomic E-state index is 10.5. The first-order chi connectivity index (χ1) is 15.2. The minimum Gasteiger partial charge on any atom is -0.394 e. The largest absolute Gasteiger partial charge is 0.394 e. The lowest BCUT2D eigenvalue weighted by atomic mass is 9.48. The molecule has 0 radical (unpaired) electrons. The van der Waals surface area contributed by atoms with Gasteiger partial charge in [0.05, 0.1) is 18.8 Å². The van der Waals surface area contributed by atoms with Crippen molar-refractivity contribution >= 4 is 0 Å². The quantitative estimate of drug-likeness (QED) is 0.412. The van der Waals surface area contributed by atoms with E-state index >= 15 is 0 Å². The van der Waals surface area contributed by atoms with Crippen LogP contribution >= 0.6 is 0 Å². The summed E-state index contributed by atoms with van der Waals surface area (Å²) in [5, 5.41) is 50.4. The maximum Gasteiger partial charge on any atom is 0.186 e. The van der Waals surface area contributed by atoms with Crippen LogP contribution in [0.25, 0.3) is 0 Å². The van der Waals surface area contributed by atoms with E-state index in [1.807, 2.05) is 0 Å². The van der Waals surface area contributed by atoms with E-state index in [0.29, 0.717) is 17.8 Å². The molecule has 4 aliphatic carbocycles. The first-order valence-electron chi connectivity index (χ1n) is 12.5. The number of hydrogen-bond acceptors (Lipinski definition) is 7. The summed E-state index contributed by atoms with van der Waals surface area (Å²) in [6, 6.07) is 0. The van der Waals surface area contributed by atoms with E-state index < -0.39 is 37.3 Å². The molecule has 0 bridgehead atoms. The molecule has 0 amide bonds. The molecule has 0 aromatic carbocycles. The normalized spacial score (nSPS) is 55.5. The van der Waals surface area contributed by atoms with Crippen LogP contribution in [0.15, 0.2) is 11.6 Å². The number of aliphatic hydroxyl groups is 5. The molecule has 7 heteroatoms. The van der Waals surface area contributed by atoms with Crippen molar-refractivity contribution in [2.24, 2.45) is 28.6 Å². The first-order valence-corrected chi connectivity index (χ1v) is 12.5. The molecule has 7 nitrogen and oxygen atoms in total. The van der Waals surface area contributed by atoms with Gasteiger partial charge in [-0.1, -0.05) is 25.5 Å². The molecule has 182 valence electrons. The van der Waals surface area contributed by atoms with Crippen molar-refractivity contribution in [1.29, 1.82) is 0 Å². The van der Waals surface area contributed by atoms with Gasteiger partial charge >= 0.3 is 0 Å². The molecule has 4 fully saturated rings. The highest BCUT2D eigenvalue weighted by atomic mass is 16.7. The van der Waals surface area contributed by atoms with E-state index in [1.54, 1.807) is 0 Å². The van der Waals surface area contributed by atoms with Gasteiger partial charge in [-0.3, -0.25) is 0 Å². The summed E-state index contributed by atoms with van der Waals surface area (Å²) in [5.74, 6) is 1.76. The Morgan fingerprint density at radius 1 is 0.969 bits per heavy atom. The molecule has 12 atom stereocenters. The van der Waals surface area contributed by atoms with Crippen molar-refractivity contribution in [1.82, 2.24) is 0 Å². The average Bonchev–Trinajstić information content (AvgIpc) is 3.10. The van der Waals surface area contributed by atoms with E-state index in [2.05, 4.69) is 19.9 Å². The molecule has 1 saturated heterocycles. The summed E-state index contributed by atoms with van der Waals surface area (Å²) in [4.78, 5) is 0. The predicted octanol–water partition coefficient (Wildman–Crippen LogP) is 1.50. The van der Waals surface area contributed by atoms with Gasteiger partial charge in [0, 0.05) is 0 Å². The molecule has 32 heavy (non-hydrogen) atoms. The number of ether oxygens (including phenoxy) is 2. The molecule has 0 aromatic rings. The lowest BCUT2D eigenvalue weighted by molar-refractivity contribution is -0.319. The highest BCUT2D eigenvalue weighted by molar-refractivity contribution is 5.25. The fourth-order valence-corrected chi connectivity index (χ4v) is 8.16. The minimum atomic E-state index is -1.41. The number of rotatable bonds is 3. The predicted molar refractivity (Wildman–Crippen MR) is 116 cm³/mol. The smallest absolute Gasteiger partial charge is 0.186 e. The number of hydrogen-bond donors (Lipinski definition) is 5. The van der Waals surface area contributed by atoms with Crippen LogP contribution in [0, 0.1) is 28.6 Å². The second-order valence-corrected chi connectivity index (χ2v) is 11.6. The van der Waals surface area contributed by atoms with Crippen LogP contribution in [0.3, 0.4) is 0 Å². The molecular formula is C25H40O7. The van der Waals surface area contributed by atoms with Gasteiger partial charge in [0.2, 0.25) is 0 Å². The second-order valence-electron chi connectivity index (χ2n) is 11.6. The zero-order valence-electron chi connectivity index (χ0n) is 19.3. The zero-order chi connectivity index (χ0) is 22.8. The van der Waals surface area contributed by atoms with Crippen LogP contribution in [-0.2, 0) is 9.47 Å². The van der Waals surface area contributed by atoms with Crippen molar-refractivity contribution in [2.75, 3.05) is 6.61 Å². The third-order valence-electron chi connectivity index (χ3n) is 10.1. The Balaban J connectivity index is 1.33. The van der Waals surface area contributed by atoms with Crippen molar-refractivity contribution in [3.05, 3.63) is 11.6 Å². The van der Waals surface area contributed by atoms with E-state index in [4.69, 9.17) is 9.47 Å². The van der Waals surface area contributed by atoms with E-state index in [1.165, 1.54) is 5.57 Å². The molecule has 1 heterocycles. The Morgan fingerprint density at radius 3 is 2.50 bits per heavy atom. The Bertz CT molecular complexity index is 740. The SMILES string of the molecule is C[C@]12CC[C@H]3[C@@H](CC=C4C[C@@H](O)CC[C@@]43C)[C@@H]1CC[C@@H]2OC1O[C@H](CO)[C@@H](O)[C@H](O)[C@H]1O.